The van der Waals surface area contributed by atoms with Gasteiger partial charge in [-0.25, -0.2) is 0 Å². The van der Waals surface area contributed by atoms with Crippen LogP contribution in [-0.2, 0) is 17.8 Å². The molecule has 0 aliphatic carbocycles. The molecule has 0 unspecified atom stereocenters. The van der Waals surface area contributed by atoms with E-state index in [0.29, 0.717) is 11.6 Å². The van der Waals surface area contributed by atoms with Crippen molar-refractivity contribution in [1.82, 2.24) is 0 Å². The molecule has 2 N–H and O–H groups in total. The Bertz CT molecular complexity index is 567. The van der Waals surface area contributed by atoms with E-state index < -0.39 is 5.97 Å². The molecule has 0 radical (unpaired) electrons. The van der Waals surface area contributed by atoms with E-state index in [4.69, 9.17) is 16.7 Å². The molecule has 4 heteroatoms. The van der Waals surface area contributed by atoms with Crippen LogP contribution in [0.15, 0.2) is 48.5 Å². The van der Waals surface area contributed by atoms with Crippen LogP contribution >= 0.6 is 11.6 Å². The molecule has 0 amide bonds. The van der Waals surface area contributed by atoms with E-state index in [1.165, 1.54) is 0 Å². The van der Waals surface area contributed by atoms with Gasteiger partial charge >= 0.3 is 5.97 Å². The number of hydrogen-bond donors (Lipinski definition) is 2. The molecule has 2 aromatic carbocycles. The van der Waals surface area contributed by atoms with Crippen LogP contribution in [0.2, 0.25) is 5.02 Å². The van der Waals surface area contributed by atoms with Crippen molar-refractivity contribution in [2.24, 2.45) is 0 Å². The summed E-state index contributed by atoms with van der Waals surface area (Å²) in [6, 6.07) is 15.1. The third-order valence-electron chi connectivity index (χ3n) is 2.70. The number of nitrogens with one attached hydrogen (secondary N) is 1. The predicted octanol–water partition coefficient (Wildman–Crippen LogP) is 3.58. The summed E-state index contributed by atoms with van der Waals surface area (Å²) in [5, 5.41) is 12.6. The summed E-state index contributed by atoms with van der Waals surface area (Å²) in [6.07, 6.45) is 0.0575. The maximum atomic E-state index is 10.6. The summed E-state index contributed by atoms with van der Waals surface area (Å²) >= 11 is 5.90. The van der Waals surface area contributed by atoms with Crippen molar-refractivity contribution in [2.75, 3.05) is 5.32 Å². The molecule has 98 valence electrons. The molecule has 0 saturated carbocycles. The van der Waals surface area contributed by atoms with Gasteiger partial charge in [0, 0.05) is 17.3 Å². The first kappa shape index (κ1) is 13.4. The van der Waals surface area contributed by atoms with Gasteiger partial charge in [0.1, 0.15) is 0 Å². The molecule has 2 aromatic rings. The van der Waals surface area contributed by atoms with Crippen LogP contribution < -0.4 is 5.32 Å². The Morgan fingerprint density at radius 2 is 1.79 bits per heavy atom. The molecule has 2 rings (SSSR count). The van der Waals surface area contributed by atoms with E-state index in [0.717, 1.165) is 16.8 Å². The third kappa shape index (κ3) is 4.30. The van der Waals surface area contributed by atoms with Gasteiger partial charge in [-0.15, -0.1) is 0 Å². The molecule has 0 heterocycles. The summed E-state index contributed by atoms with van der Waals surface area (Å²) in [4.78, 5) is 10.6. The van der Waals surface area contributed by atoms with E-state index in [1.54, 1.807) is 0 Å². The topological polar surface area (TPSA) is 49.3 Å². The van der Waals surface area contributed by atoms with Crippen LogP contribution in [0.4, 0.5) is 5.69 Å². The maximum Gasteiger partial charge on any atom is 0.307 e. The fourth-order valence-electron chi connectivity index (χ4n) is 1.75. The number of carbonyl (C=O) groups is 1. The fraction of sp³-hybridized carbons (Fsp3) is 0.133. The van der Waals surface area contributed by atoms with Crippen molar-refractivity contribution >= 4 is 23.3 Å². The number of halogens is 1. The molecular weight excluding hydrogens is 262 g/mol. The van der Waals surface area contributed by atoms with Crippen molar-refractivity contribution in [1.29, 1.82) is 0 Å². The number of hydrogen-bond acceptors (Lipinski definition) is 2. The second kappa shape index (κ2) is 6.25. The van der Waals surface area contributed by atoms with Gasteiger partial charge in [0.05, 0.1) is 6.42 Å². The van der Waals surface area contributed by atoms with Crippen molar-refractivity contribution in [2.45, 2.75) is 13.0 Å². The molecule has 0 atom stereocenters. The highest BCUT2D eigenvalue weighted by Gasteiger charge is 2.00. The van der Waals surface area contributed by atoms with E-state index in [2.05, 4.69) is 5.32 Å². The highest BCUT2D eigenvalue weighted by Crippen LogP contribution is 2.16. The minimum Gasteiger partial charge on any atom is -0.481 e. The van der Waals surface area contributed by atoms with Gasteiger partial charge in [-0.3, -0.25) is 4.79 Å². The SMILES string of the molecule is O=C(O)Cc1ccc(CNc2cccc(Cl)c2)cc1. The summed E-state index contributed by atoms with van der Waals surface area (Å²) in [5.41, 5.74) is 2.86. The number of carboxylic acids is 1. The number of aliphatic carboxylic acids is 1. The maximum absolute atomic E-state index is 10.6. The zero-order valence-electron chi connectivity index (χ0n) is 10.3. The highest BCUT2D eigenvalue weighted by molar-refractivity contribution is 6.30. The number of rotatable bonds is 5. The quantitative estimate of drug-likeness (QED) is 0.877. The van der Waals surface area contributed by atoms with Crippen molar-refractivity contribution < 1.29 is 9.90 Å². The molecule has 0 aliphatic heterocycles. The van der Waals surface area contributed by atoms with Crippen molar-refractivity contribution in [3.05, 3.63) is 64.7 Å². The number of benzene rings is 2. The van der Waals surface area contributed by atoms with Gasteiger partial charge < -0.3 is 10.4 Å². The zero-order valence-corrected chi connectivity index (χ0v) is 11.0. The smallest absolute Gasteiger partial charge is 0.307 e. The molecule has 0 bridgehead atoms. The van der Waals surface area contributed by atoms with Crippen LogP contribution in [0, 0.1) is 0 Å². The average Bonchev–Trinajstić information content (AvgIpc) is 2.37. The minimum absolute atomic E-state index is 0.0575. The van der Waals surface area contributed by atoms with Crippen LogP contribution in [-0.4, -0.2) is 11.1 Å². The Kier molecular flexibility index (Phi) is 4.42. The van der Waals surface area contributed by atoms with Gasteiger partial charge in [0.25, 0.3) is 0 Å². The molecule has 0 spiro atoms. The summed E-state index contributed by atoms with van der Waals surface area (Å²) in [6.45, 7) is 0.674. The molecule has 3 nitrogen and oxygen atoms in total. The Morgan fingerprint density at radius 3 is 2.42 bits per heavy atom. The van der Waals surface area contributed by atoms with E-state index >= 15 is 0 Å². The highest BCUT2D eigenvalue weighted by atomic mass is 35.5. The van der Waals surface area contributed by atoms with Crippen LogP contribution in [0.25, 0.3) is 0 Å². The lowest BCUT2D eigenvalue weighted by Gasteiger charge is -2.07. The van der Waals surface area contributed by atoms with E-state index in [-0.39, 0.29) is 6.42 Å². The molecule has 0 fully saturated rings. The van der Waals surface area contributed by atoms with Gasteiger partial charge in [-0.05, 0) is 29.3 Å². The second-order valence-corrected chi connectivity index (χ2v) is 4.69. The molecular formula is C15H14ClNO2. The Balaban J connectivity index is 1.94. The molecule has 0 saturated heterocycles. The Labute approximate surface area is 116 Å². The zero-order chi connectivity index (χ0) is 13.7. The number of anilines is 1. The summed E-state index contributed by atoms with van der Waals surface area (Å²) in [7, 11) is 0. The summed E-state index contributed by atoms with van der Waals surface area (Å²) < 4.78 is 0. The molecule has 0 aromatic heterocycles. The first-order valence-corrected chi connectivity index (χ1v) is 6.30. The third-order valence-corrected chi connectivity index (χ3v) is 2.93. The van der Waals surface area contributed by atoms with Crippen LogP contribution in [0.1, 0.15) is 11.1 Å². The summed E-state index contributed by atoms with van der Waals surface area (Å²) in [5.74, 6) is -0.815. The normalized spacial score (nSPS) is 10.2. The standard InChI is InChI=1S/C15H14ClNO2/c16-13-2-1-3-14(9-13)17-10-12-6-4-11(5-7-12)8-15(18)19/h1-7,9,17H,8,10H2,(H,18,19). The number of carboxylic acid groups (broad SMARTS) is 1. The lowest BCUT2D eigenvalue weighted by atomic mass is 10.1. The first-order valence-electron chi connectivity index (χ1n) is 5.92. The molecule has 19 heavy (non-hydrogen) atoms. The predicted molar refractivity (Wildman–Crippen MR) is 76.6 cm³/mol. The molecule has 0 aliphatic rings. The van der Waals surface area contributed by atoms with Crippen LogP contribution in [0.5, 0.6) is 0 Å². The van der Waals surface area contributed by atoms with Gasteiger partial charge in [0.2, 0.25) is 0 Å². The van der Waals surface area contributed by atoms with Crippen molar-refractivity contribution in [3.63, 3.8) is 0 Å². The lowest BCUT2D eigenvalue weighted by Crippen LogP contribution is -2.02. The van der Waals surface area contributed by atoms with Gasteiger partial charge in [-0.1, -0.05) is 41.9 Å². The Morgan fingerprint density at radius 1 is 1.11 bits per heavy atom. The van der Waals surface area contributed by atoms with Crippen LogP contribution in [0.3, 0.4) is 0 Å². The Hall–Kier alpha value is -2.00. The van der Waals surface area contributed by atoms with Gasteiger partial charge in [0.15, 0.2) is 0 Å². The first-order chi connectivity index (χ1) is 9.13. The van der Waals surface area contributed by atoms with E-state index in [9.17, 15) is 4.79 Å². The van der Waals surface area contributed by atoms with Gasteiger partial charge in [-0.2, -0.15) is 0 Å². The van der Waals surface area contributed by atoms with Crippen molar-refractivity contribution in [3.8, 4) is 0 Å². The van der Waals surface area contributed by atoms with E-state index in [1.807, 2.05) is 48.5 Å². The minimum atomic E-state index is -0.815. The monoisotopic (exact) mass is 275 g/mol. The second-order valence-electron chi connectivity index (χ2n) is 4.25. The average molecular weight is 276 g/mol. The fourth-order valence-corrected chi connectivity index (χ4v) is 1.94. The lowest BCUT2D eigenvalue weighted by molar-refractivity contribution is -0.136. The largest absolute Gasteiger partial charge is 0.481 e.